The predicted molar refractivity (Wildman–Crippen MR) is 100 cm³/mol. The van der Waals surface area contributed by atoms with E-state index in [0.29, 0.717) is 24.1 Å². The highest BCUT2D eigenvalue weighted by molar-refractivity contribution is 5.95. The molecule has 2 N–H and O–H groups in total. The Morgan fingerprint density at radius 3 is 2.48 bits per heavy atom. The number of aromatic amines is 1. The van der Waals surface area contributed by atoms with E-state index in [1.165, 1.54) is 5.56 Å². The maximum atomic E-state index is 4.65. The first kappa shape index (κ1) is 15.3. The van der Waals surface area contributed by atoms with E-state index in [1.54, 1.807) is 0 Å². The molecule has 2 aromatic carbocycles. The standard InChI is InChI=1S/C20H19N5/c1-13-18(16-10-6-7-11-17(16)22-13)19-23-14(2)24-20(25-19)21-12-15-8-4-3-5-9-15/h3-11,22H,12H2,1-2H3,(H,21,23,24,25). The first-order valence-electron chi connectivity index (χ1n) is 8.29. The van der Waals surface area contributed by atoms with Crippen LogP contribution >= 0.6 is 0 Å². The van der Waals surface area contributed by atoms with E-state index in [4.69, 9.17) is 0 Å². The molecule has 0 amide bonds. The highest BCUT2D eigenvalue weighted by Crippen LogP contribution is 2.30. The Bertz CT molecular complexity index is 1020. The number of aryl methyl sites for hydroxylation is 2. The van der Waals surface area contributed by atoms with Crippen LogP contribution in [0.5, 0.6) is 0 Å². The van der Waals surface area contributed by atoms with Crippen LogP contribution in [0.15, 0.2) is 54.6 Å². The predicted octanol–water partition coefficient (Wildman–Crippen LogP) is 4.25. The third kappa shape index (κ3) is 3.08. The lowest BCUT2D eigenvalue weighted by molar-refractivity contribution is 0.959. The molecular formula is C20H19N5. The number of nitrogens with zero attached hydrogens (tertiary/aromatic N) is 3. The van der Waals surface area contributed by atoms with E-state index < -0.39 is 0 Å². The van der Waals surface area contributed by atoms with E-state index in [9.17, 15) is 0 Å². The Hall–Kier alpha value is -3.21. The van der Waals surface area contributed by atoms with Gasteiger partial charge in [0, 0.05) is 28.7 Å². The molecule has 5 heteroatoms. The van der Waals surface area contributed by atoms with Crippen molar-refractivity contribution in [2.75, 3.05) is 5.32 Å². The van der Waals surface area contributed by atoms with Crippen molar-refractivity contribution < 1.29 is 0 Å². The third-order valence-electron chi connectivity index (χ3n) is 4.16. The van der Waals surface area contributed by atoms with Gasteiger partial charge in [0.05, 0.1) is 0 Å². The van der Waals surface area contributed by atoms with Gasteiger partial charge in [0.2, 0.25) is 5.95 Å². The topological polar surface area (TPSA) is 66.5 Å². The molecular weight excluding hydrogens is 310 g/mol. The summed E-state index contributed by atoms with van der Waals surface area (Å²) in [6.45, 7) is 4.62. The summed E-state index contributed by atoms with van der Waals surface area (Å²) in [5.41, 5.74) is 4.36. The average molecular weight is 329 g/mol. The zero-order valence-corrected chi connectivity index (χ0v) is 14.2. The highest BCUT2D eigenvalue weighted by atomic mass is 15.2. The smallest absolute Gasteiger partial charge is 0.226 e. The zero-order valence-electron chi connectivity index (χ0n) is 14.2. The van der Waals surface area contributed by atoms with E-state index >= 15 is 0 Å². The van der Waals surface area contributed by atoms with E-state index in [0.717, 1.165) is 22.2 Å². The van der Waals surface area contributed by atoms with Crippen LogP contribution in [0.25, 0.3) is 22.3 Å². The Morgan fingerprint density at radius 2 is 1.64 bits per heavy atom. The van der Waals surface area contributed by atoms with Crippen molar-refractivity contribution in [3.63, 3.8) is 0 Å². The van der Waals surface area contributed by atoms with Gasteiger partial charge in [-0.05, 0) is 25.5 Å². The monoisotopic (exact) mass is 329 g/mol. The summed E-state index contributed by atoms with van der Waals surface area (Å²) < 4.78 is 0. The number of para-hydroxylation sites is 1. The number of hydrogen-bond acceptors (Lipinski definition) is 4. The SMILES string of the molecule is Cc1nc(NCc2ccccc2)nc(-c2c(C)[nH]c3ccccc23)n1. The van der Waals surface area contributed by atoms with Crippen LogP contribution in [0.1, 0.15) is 17.1 Å². The second kappa shape index (κ2) is 6.36. The number of fused-ring (bicyclic) bond motifs is 1. The molecule has 4 rings (SSSR count). The first-order valence-corrected chi connectivity index (χ1v) is 8.29. The Balaban J connectivity index is 1.71. The van der Waals surface area contributed by atoms with Crippen molar-refractivity contribution in [3.8, 4) is 11.4 Å². The fourth-order valence-electron chi connectivity index (χ4n) is 3.01. The number of nitrogens with one attached hydrogen (secondary N) is 2. The van der Waals surface area contributed by atoms with Crippen molar-refractivity contribution in [1.82, 2.24) is 19.9 Å². The lowest BCUT2D eigenvalue weighted by Crippen LogP contribution is -2.07. The van der Waals surface area contributed by atoms with E-state index in [-0.39, 0.29) is 0 Å². The quantitative estimate of drug-likeness (QED) is 0.587. The minimum Gasteiger partial charge on any atom is -0.358 e. The maximum absolute atomic E-state index is 4.65. The second-order valence-electron chi connectivity index (χ2n) is 6.04. The van der Waals surface area contributed by atoms with Crippen LogP contribution in [0.2, 0.25) is 0 Å². The van der Waals surface area contributed by atoms with E-state index in [2.05, 4.69) is 49.5 Å². The van der Waals surface area contributed by atoms with Crippen molar-refractivity contribution >= 4 is 16.9 Å². The van der Waals surface area contributed by atoms with Crippen molar-refractivity contribution in [2.24, 2.45) is 0 Å². The number of H-pyrrole nitrogens is 1. The largest absolute Gasteiger partial charge is 0.358 e. The third-order valence-corrected chi connectivity index (χ3v) is 4.16. The lowest BCUT2D eigenvalue weighted by atomic mass is 10.1. The molecule has 0 spiro atoms. The molecule has 2 heterocycles. The van der Waals surface area contributed by atoms with Crippen molar-refractivity contribution in [2.45, 2.75) is 20.4 Å². The molecule has 0 aliphatic carbocycles. The summed E-state index contributed by atoms with van der Waals surface area (Å²) in [5, 5.41) is 4.42. The highest BCUT2D eigenvalue weighted by Gasteiger charge is 2.14. The Morgan fingerprint density at radius 1 is 0.880 bits per heavy atom. The molecule has 2 aromatic heterocycles. The van der Waals surface area contributed by atoms with Crippen LogP contribution in [0, 0.1) is 13.8 Å². The minimum atomic E-state index is 0.594. The molecule has 0 saturated heterocycles. The van der Waals surface area contributed by atoms with E-state index in [1.807, 2.05) is 44.2 Å². The Labute approximate surface area is 146 Å². The molecule has 0 unspecified atom stereocenters. The van der Waals surface area contributed by atoms with Crippen LogP contribution in [-0.4, -0.2) is 19.9 Å². The molecule has 0 radical (unpaired) electrons. The summed E-state index contributed by atoms with van der Waals surface area (Å²) in [4.78, 5) is 17.0. The van der Waals surface area contributed by atoms with Crippen LogP contribution in [0.3, 0.4) is 0 Å². The van der Waals surface area contributed by atoms with Gasteiger partial charge in [-0.1, -0.05) is 48.5 Å². The van der Waals surface area contributed by atoms with Crippen LogP contribution < -0.4 is 5.32 Å². The zero-order chi connectivity index (χ0) is 17.2. The molecule has 0 saturated carbocycles. The summed E-state index contributed by atoms with van der Waals surface area (Å²) in [7, 11) is 0. The van der Waals surface area contributed by atoms with Crippen LogP contribution in [-0.2, 0) is 6.54 Å². The summed E-state index contributed by atoms with van der Waals surface area (Å²) in [6, 6.07) is 18.4. The number of anilines is 1. The molecule has 4 aromatic rings. The summed E-state index contributed by atoms with van der Waals surface area (Å²) in [5.74, 6) is 1.99. The molecule has 124 valence electrons. The fraction of sp³-hybridized carbons (Fsp3) is 0.150. The molecule has 0 bridgehead atoms. The van der Waals surface area contributed by atoms with Crippen LogP contribution in [0.4, 0.5) is 5.95 Å². The van der Waals surface area contributed by atoms with Gasteiger partial charge in [0.25, 0.3) is 0 Å². The van der Waals surface area contributed by atoms with Gasteiger partial charge in [-0.2, -0.15) is 9.97 Å². The normalized spacial score (nSPS) is 11.0. The molecule has 0 atom stereocenters. The van der Waals surface area contributed by atoms with Gasteiger partial charge < -0.3 is 10.3 Å². The number of aromatic nitrogens is 4. The molecule has 5 nitrogen and oxygen atoms in total. The first-order chi connectivity index (χ1) is 12.2. The van der Waals surface area contributed by atoms with Crippen molar-refractivity contribution in [3.05, 3.63) is 71.7 Å². The van der Waals surface area contributed by atoms with Gasteiger partial charge in [-0.25, -0.2) is 4.98 Å². The number of hydrogen-bond donors (Lipinski definition) is 2. The van der Waals surface area contributed by atoms with Gasteiger partial charge in [-0.3, -0.25) is 0 Å². The van der Waals surface area contributed by atoms with Crippen molar-refractivity contribution in [1.29, 1.82) is 0 Å². The van der Waals surface area contributed by atoms with Gasteiger partial charge in [0.15, 0.2) is 5.82 Å². The second-order valence-corrected chi connectivity index (χ2v) is 6.04. The molecule has 0 aliphatic heterocycles. The summed E-state index contributed by atoms with van der Waals surface area (Å²) in [6.07, 6.45) is 0. The van der Waals surface area contributed by atoms with Gasteiger partial charge in [0.1, 0.15) is 5.82 Å². The lowest BCUT2D eigenvalue weighted by Gasteiger charge is -2.08. The average Bonchev–Trinajstić information content (AvgIpc) is 2.96. The minimum absolute atomic E-state index is 0.594. The molecule has 0 fully saturated rings. The van der Waals surface area contributed by atoms with Gasteiger partial charge >= 0.3 is 0 Å². The maximum Gasteiger partial charge on any atom is 0.226 e. The number of benzene rings is 2. The fourth-order valence-corrected chi connectivity index (χ4v) is 3.01. The van der Waals surface area contributed by atoms with Gasteiger partial charge in [-0.15, -0.1) is 0 Å². The Kier molecular flexibility index (Phi) is 3.90. The summed E-state index contributed by atoms with van der Waals surface area (Å²) >= 11 is 0. The molecule has 25 heavy (non-hydrogen) atoms. The number of rotatable bonds is 4. The molecule has 0 aliphatic rings.